The first-order valence-corrected chi connectivity index (χ1v) is 12.7. The predicted molar refractivity (Wildman–Crippen MR) is 145 cm³/mol. The maximum Gasteiger partial charge on any atom is 0.339 e. The van der Waals surface area contributed by atoms with E-state index >= 15 is 0 Å². The monoisotopic (exact) mass is 505 g/mol. The molecule has 2 aliphatic heterocycles. The largest absolute Gasteiger partial charge is 0.508 e. The van der Waals surface area contributed by atoms with E-state index in [9.17, 15) is 14.7 Å². The number of piperidine rings is 1. The number of likely N-dealkylation sites (tertiary alicyclic amines) is 1. The Bertz CT molecular complexity index is 1450. The van der Waals surface area contributed by atoms with Crippen molar-refractivity contribution in [3.63, 3.8) is 0 Å². The Kier molecular flexibility index (Phi) is 6.09. The number of nitrogens with zero attached hydrogens (tertiary/aromatic N) is 5. The Hall–Kier alpha value is -4.56. The van der Waals surface area contributed by atoms with Crippen molar-refractivity contribution in [1.29, 1.82) is 0 Å². The highest BCUT2D eigenvalue weighted by Crippen LogP contribution is 2.42. The molecule has 4 aromatic rings. The number of urea groups is 1. The van der Waals surface area contributed by atoms with Crippen LogP contribution in [-0.4, -0.2) is 50.5 Å². The fourth-order valence-corrected chi connectivity index (χ4v) is 5.42. The molecule has 0 saturated carbocycles. The average Bonchev–Trinajstić information content (AvgIpc) is 3.17. The molecule has 0 aliphatic carbocycles. The molecule has 38 heavy (non-hydrogen) atoms. The van der Waals surface area contributed by atoms with Crippen LogP contribution >= 0.6 is 0 Å². The topological polar surface area (TPSA) is 89.9 Å². The fourth-order valence-electron chi connectivity index (χ4n) is 5.42. The van der Waals surface area contributed by atoms with Crippen LogP contribution in [0.25, 0.3) is 11.1 Å². The van der Waals surface area contributed by atoms with Gasteiger partial charge in [-0.15, -0.1) is 0 Å². The molecule has 0 unspecified atom stereocenters. The van der Waals surface area contributed by atoms with Crippen LogP contribution in [0.3, 0.4) is 0 Å². The number of hydrogen-bond donors (Lipinski definition) is 1. The van der Waals surface area contributed by atoms with Gasteiger partial charge in [-0.2, -0.15) is 0 Å². The smallest absolute Gasteiger partial charge is 0.339 e. The van der Waals surface area contributed by atoms with Crippen molar-refractivity contribution in [3.05, 3.63) is 103 Å². The van der Waals surface area contributed by atoms with Crippen LogP contribution in [0.4, 0.5) is 16.4 Å². The molecule has 2 saturated heterocycles. The minimum Gasteiger partial charge on any atom is -0.508 e. The number of imide groups is 1. The third-order valence-corrected chi connectivity index (χ3v) is 7.47. The lowest BCUT2D eigenvalue weighted by Gasteiger charge is -2.41. The molecule has 0 atom stereocenters. The van der Waals surface area contributed by atoms with E-state index in [-0.39, 0.29) is 17.6 Å². The highest BCUT2D eigenvalue weighted by atomic mass is 16.3. The van der Waals surface area contributed by atoms with Crippen molar-refractivity contribution >= 4 is 23.6 Å². The van der Waals surface area contributed by atoms with Crippen molar-refractivity contribution < 1.29 is 14.7 Å². The molecule has 3 amide bonds. The van der Waals surface area contributed by atoms with E-state index in [1.54, 1.807) is 30.6 Å². The van der Waals surface area contributed by atoms with Gasteiger partial charge in [-0.05, 0) is 48.2 Å². The van der Waals surface area contributed by atoms with Gasteiger partial charge in [0.25, 0.3) is 5.91 Å². The lowest BCUT2D eigenvalue weighted by molar-refractivity contribution is -0.123. The Morgan fingerprint density at radius 1 is 0.763 bits per heavy atom. The number of amides is 3. The number of benzene rings is 3. The zero-order chi connectivity index (χ0) is 26.1. The number of hydrogen-bond acceptors (Lipinski definition) is 6. The van der Waals surface area contributed by atoms with Gasteiger partial charge in [0.15, 0.2) is 0 Å². The van der Waals surface area contributed by atoms with Crippen LogP contribution in [0, 0.1) is 0 Å². The standard InChI is InChI=1S/C30H27N5O3/c36-26-10-5-4-9-24(26)21-33-19-15-30(16-20-33)27(37)34(29(38)35(30)28-31-17-6-18-32-28)25-13-11-23(12-14-25)22-7-2-1-3-8-22/h1-14,17-18,36H,15-16,19-21H2. The summed E-state index contributed by atoms with van der Waals surface area (Å²) in [5.41, 5.74) is 2.34. The number of rotatable bonds is 5. The van der Waals surface area contributed by atoms with Crippen molar-refractivity contribution in [3.8, 4) is 16.9 Å². The van der Waals surface area contributed by atoms with Gasteiger partial charge in [0.1, 0.15) is 11.3 Å². The van der Waals surface area contributed by atoms with E-state index in [1.807, 2.05) is 66.7 Å². The van der Waals surface area contributed by atoms with Gasteiger partial charge < -0.3 is 5.11 Å². The third-order valence-electron chi connectivity index (χ3n) is 7.47. The SMILES string of the molecule is O=C1N(c2ccc(-c3ccccc3)cc2)C(=O)C2(CCN(Cc3ccccc3O)CC2)N1c1ncccn1. The number of para-hydroxylation sites is 1. The number of carbonyl (C=O) groups is 2. The van der Waals surface area contributed by atoms with Crippen LogP contribution in [-0.2, 0) is 11.3 Å². The molecular weight excluding hydrogens is 478 g/mol. The molecule has 0 radical (unpaired) electrons. The van der Waals surface area contributed by atoms with E-state index < -0.39 is 11.6 Å². The quantitative estimate of drug-likeness (QED) is 0.390. The fraction of sp³-hybridized carbons (Fsp3) is 0.200. The summed E-state index contributed by atoms with van der Waals surface area (Å²) in [7, 11) is 0. The van der Waals surface area contributed by atoms with E-state index in [0.29, 0.717) is 38.2 Å². The maximum absolute atomic E-state index is 14.1. The summed E-state index contributed by atoms with van der Waals surface area (Å²) in [5.74, 6) is 0.220. The van der Waals surface area contributed by atoms with Crippen LogP contribution < -0.4 is 9.80 Å². The Morgan fingerprint density at radius 3 is 2.08 bits per heavy atom. The summed E-state index contributed by atoms with van der Waals surface area (Å²) >= 11 is 0. The minimum atomic E-state index is -1.08. The summed E-state index contributed by atoms with van der Waals surface area (Å²) < 4.78 is 0. The zero-order valence-corrected chi connectivity index (χ0v) is 20.8. The second-order valence-corrected chi connectivity index (χ2v) is 9.66. The molecule has 6 rings (SSSR count). The lowest BCUT2D eigenvalue weighted by atomic mass is 9.85. The normalized spacial score (nSPS) is 17.4. The number of phenols is 1. The Morgan fingerprint density at radius 2 is 1.39 bits per heavy atom. The molecule has 3 aromatic carbocycles. The summed E-state index contributed by atoms with van der Waals surface area (Å²) in [6.45, 7) is 1.73. The first-order valence-electron chi connectivity index (χ1n) is 12.7. The summed E-state index contributed by atoms with van der Waals surface area (Å²) in [5, 5.41) is 10.2. The van der Waals surface area contributed by atoms with Crippen molar-refractivity contribution in [1.82, 2.24) is 14.9 Å². The van der Waals surface area contributed by atoms with Gasteiger partial charge in [-0.3, -0.25) is 9.69 Å². The second-order valence-electron chi connectivity index (χ2n) is 9.66. The Labute approximate surface area is 220 Å². The van der Waals surface area contributed by atoms with Gasteiger partial charge in [0.05, 0.1) is 5.69 Å². The van der Waals surface area contributed by atoms with E-state index in [1.165, 1.54) is 9.80 Å². The molecule has 8 nitrogen and oxygen atoms in total. The number of aromatic nitrogens is 2. The molecule has 1 aromatic heterocycles. The average molecular weight is 506 g/mol. The highest BCUT2D eigenvalue weighted by Gasteiger charge is 2.60. The van der Waals surface area contributed by atoms with E-state index in [4.69, 9.17) is 0 Å². The molecule has 2 aliphatic rings. The molecule has 3 heterocycles. The minimum absolute atomic E-state index is 0.225. The molecular formula is C30H27N5O3. The summed E-state index contributed by atoms with van der Waals surface area (Å²) in [6, 6.07) is 26.0. The van der Waals surface area contributed by atoms with Gasteiger partial charge in [0, 0.05) is 37.6 Å². The predicted octanol–water partition coefficient (Wildman–Crippen LogP) is 4.86. The van der Waals surface area contributed by atoms with Crippen LogP contribution in [0.15, 0.2) is 97.3 Å². The zero-order valence-electron chi connectivity index (χ0n) is 20.8. The van der Waals surface area contributed by atoms with Gasteiger partial charge in [0.2, 0.25) is 5.95 Å². The van der Waals surface area contributed by atoms with Crippen molar-refractivity contribution in [2.75, 3.05) is 22.9 Å². The van der Waals surface area contributed by atoms with Crippen LogP contribution in [0.5, 0.6) is 5.75 Å². The van der Waals surface area contributed by atoms with Crippen molar-refractivity contribution in [2.45, 2.75) is 24.9 Å². The van der Waals surface area contributed by atoms with Crippen LogP contribution in [0.1, 0.15) is 18.4 Å². The number of carbonyl (C=O) groups excluding carboxylic acids is 2. The van der Waals surface area contributed by atoms with Crippen LogP contribution in [0.2, 0.25) is 0 Å². The summed E-state index contributed by atoms with van der Waals surface area (Å²) in [4.78, 5) is 41.6. The highest BCUT2D eigenvalue weighted by molar-refractivity contribution is 6.30. The Balaban J connectivity index is 1.30. The summed E-state index contributed by atoms with van der Waals surface area (Å²) in [6.07, 6.45) is 4.03. The first kappa shape index (κ1) is 23.8. The molecule has 1 N–H and O–H groups in total. The molecule has 0 bridgehead atoms. The second kappa shape index (κ2) is 9.72. The molecule has 1 spiro atoms. The van der Waals surface area contributed by atoms with E-state index in [2.05, 4.69) is 14.9 Å². The third kappa shape index (κ3) is 4.09. The van der Waals surface area contributed by atoms with E-state index in [0.717, 1.165) is 16.7 Å². The van der Waals surface area contributed by atoms with Crippen molar-refractivity contribution in [2.24, 2.45) is 0 Å². The van der Waals surface area contributed by atoms with Gasteiger partial charge in [-0.25, -0.2) is 24.6 Å². The number of phenolic OH excluding ortho intramolecular Hbond substituents is 1. The number of anilines is 2. The lowest BCUT2D eigenvalue weighted by Crippen LogP contribution is -2.57. The molecule has 190 valence electrons. The maximum atomic E-state index is 14.1. The number of aromatic hydroxyl groups is 1. The van der Waals surface area contributed by atoms with Gasteiger partial charge >= 0.3 is 6.03 Å². The molecule has 8 heteroatoms. The molecule has 2 fully saturated rings. The van der Waals surface area contributed by atoms with Gasteiger partial charge in [-0.1, -0.05) is 60.7 Å². The first-order chi connectivity index (χ1) is 18.6.